The number of carbonyl (C=O) groups is 2. The molecule has 0 unspecified atom stereocenters. The maximum absolute atomic E-state index is 12.3. The number of nitrogens with zero attached hydrogens (tertiary/aromatic N) is 3. The lowest BCUT2D eigenvalue weighted by Gasteiger charge is -2.20. The van der Waals surface area contributed by atoms with Crippen LogP contribution in [0.15, 0.2) is 42.1 Å². The van der Waals surface area contributed by atoms with E-state index in [4.69, 9.17) is 0 Å². The van der Waals surface area contributed by atoms with Gasteiger partial charge in [-0.3, -0.25) is 9.59 Å². The van der Waals surface area contributed by atoms with Gasteiger partial charge in [0, 0.05) is 45.3 Å². The maximum Gasteiger partial charge on any atom is 0.263 e. The van der Waals surface area contributed by atoms with Crippen molar-refractivity contribution >= 4 is 11.8 Å². The van der Waals surface area contributed by atoms with Gasteiger partial charge in [-0.25, -0.2) is 0 Å². The summed E-state index contributed by atoms with van der Waals surface area (Å²) >= 11 is 0. The summed E-state index contributed by atoms with van der Waals surface area (Å²) in [6.45, 7) is 2.55. The zero-order valence-corrected chi connectivity index (χ0v) is 15.4. The number of rotatable bonds is 10. The Hall–Kier alpha value is -2.85. The molecular formula is C20H26N4O3. The van der Waals surface area contributed by atoms with Gasteiger partial charge in [0.15, 0.2) is 0 Å². The van der Waals surface area contributed by atoms with Crippen molar-refractivity contribution in [3.05, 3.63) is 47.7 Å². The molecule has 0 radical (unpaired) electrons. The first-order valence-corrected chi connectivity index (χ1v) is 9.20. The Labute approximate surface area is 159 Å². The van der Waals surface area contributed by atoms with Gasteiger partial charge in [0.2, 0.25) is 5.91 Å². The second-order valence-corrected chi connectivity index (χ2v) is 6.43. The molecule has 0 saturated carbocycles. The Bertz CT molecular complexity index is 697. The number of hydrogen-bond donors (Lipinski definition) is 2. The lowest BCUT2D eigenvalue weighted by atomic mass is 10.2. The molecule has 0 atom stereocenters. The third-order valence-corrected chi connectivity index (χ3v) is 4.35. The zero-order valence-electron chi connectivity index (χ0n) is 15.4. The van der Waals surface area contributed by atoms with Gasteiger partial charge in [0.1, 0.15) is 11.6 Å². The van der Waals surface area contributed by atoms with Crippen molar-refractivity contribution in [2.24, 2.45) is 0 Å². The van der Waals surface area contributed by atoms with E-state index in [9.17, 15) is 20.0 Å². The molecule has 7 heteroatoms. The third-order valence-electron chi connectivity index (χ3n) is 4.35. The van der Waals surface area contributed by atoms with Crippen LogP contribution in [0.1, 0.15) is 24.8 Å². The minimum atomic E-state index is -0.443. The van der Waals surface area contributed by atoms with E-state index in [1.807, 2.05) is 36.4 Å². The summed E-state index contributed by atoms with van der Waals surface area (Å²) < 4.78 is 0. The quantitative estimate of drug-likeness (QED) is 0.364. The van der Waals surface area contributed by atoms with E-state index in [1.54, 1.807) is 9.80 Å². The first-order valence-electron chi connectivity index (χ1n) is 9.20. The zero-order chi connectivity index (χ0) is 19.5. The summed E-state index contributed by atoms with van der Waals surface area (Å²) in [6, 6.07) is 11.6. The largest absolute Gasteiger partial charge is 0.395 e. The van der Waals surface area contributed by atoms with Gasteiger partial charge in [0.05, 0.1) is 6.61 Å². The average molecular weight is 370 g/mol. The summed E-state index contributed by atoms with van der Waals surface area (Å²) in [6.07, 6.45) is 3.65. The number of carbonyl (C=O) groups excluding carboxylic acids is 2. The van der Waals surface area contributed by atoms with Crippen molar-refractivity contribution in [2.75, 3.05) is 32.8 Å². The van der Waals surface area contributed by atoms with Gasteiger partial charge in [0.25, 0.3) is 5.91 Å². The van der Waals surface area contributed by atoms with Crippen molar-refractivity contribution in [1.29, 1.82) is 5.26 Å². The SMILES string of the molecule is N#C/C(=C/N(CCO)Cc1ccccc1)C(=O)NCCCN1CCCC1=O. The Kier molecular flexibility index (Phi) is 8.33. The van der Waals surface area contributed by atoms with Crippen LogP contribution < -0.4 is 5.32 Å². The molecule has 1 saturated heterocycles. The van der Waals surface area contributed by atoms with Gasteiger partial charge in [-0.15, -0.1) is 0 Å². The van der Waals surface area contributed by atoms with E-state index >= 15 is 0 Å². The number of benzene rings is 1. The predicted octanol–water partition coefficient (Wildman–Crippen LogP) is 1.02. The highest BCUT2D eigenvalue weighted by Gasteiger charge is 2.19. The van der Waals surface area contributed by atoms with Crippen molar-refractivity contribution in [3.8, 4) is 6.07 Å². The molecule has 1 fully saturated rings. The minimum absolute atomic E-state index is 0.00312. The third kappa shape index (κ3) is 6.76. The molecule has 1 aliphatic rings. The van der Waals surface area contributed by atoms with Crippen LogP contribution in [0.25, 0.3) is 0 Å². The number of aliphatic hydroxyl groups excluding tert-OH is 1. The number of hydrogen-bond acceptors (Lipinski definition) is 5. The van der Waals surface area contributed by atoms with Crippen LogP contribution in [0.2, 0.25) is 0 Å². The molecule has 0 aliphatic carbocycles. The van der Waals surface area contributed by atoms with Crippen molar-refractivity contribution in [3.63, 3.8) is 0 Å². The van der Waals surface area contributed by atoms with Gasteiger partial charge < -0.3 is 20.2 Å². The first-order chi connectivity index (χ1) is 13.1. The van der Waals surface area contributed by atoms with Crippen LogP contribution >= 0.6 is 0 Å². The fourth-order valence-electron chi connectivity index (χ4n) is 2.96. The van der Waals surface area contributed by atoms with Gasteiger partial charge in [-0.1, -0.05) is 30.3 Å². The highest BCUT2D eigenvalue weighted by atomic mass is 16.3. The van der Waals surface area contributed by atoms with Crippen molar-refractivity contribution in [2.45, 2.75) is 25.8 Å². The van der Waals surface area contributed by atoms with E-state index < -0.39 is 5.91 Å². The number of likely N-dealkylation sites (tertiary alicyclic amines) is 1. The normalized spacial score (nSPS) is 14.1. The molecule has 2 rings (SSSR count). The fraction of sp³-hybridized carbons (Fsp3) is 0.450. The van der Waals surface area contributed by atoms with Crippen LogP contribution in [0.5, 0.6) is 0 Å². The Morgan fingerprint density at radius 3 is 2.78 bits per heavy atom. The standard InChI is InChI=1S/C20H26N4O3/c21-14-18(16-23(12-13-25)15-17-6-2-1-3-7-17)20(27)22-9-5-11-24-10-4-8-19(24)26/h1-3,6-7,16,25H,4-5,8-13,15H2,(H,22,27)/b18-16-. The van der Waals surface area contributed by atoms with Gasteiger partial charge in [-0.2, -0.15) is 5.26 Å². The van der Waals surface area contributed by atoms with E-state index in [1.165, 1.54) is 6.20 Å². The van der Waals surface area contributed by atoms with E-state index in [-0.39, 0.29) is 18.1 Å². The van der Waals surface area contributed by atoms with Crippen LogP contribution in [-0.4, -0.2) is 59.5 Å². The molecule has 0 aromatic heterocycles. The van der Waals surface area contributed by atoms with E-state index in [0.29, 0.717) is 39.0 Å². The van der Waals surface area contributed by atoms with E-state index in [2.05, 4.69) is 5.32 Å². The summed E-state index contributed by atoms with van der Waals surface area (Å²) in [5.41, 5.74) is 1.02. The summed E-state index contributed by atoms with van der Waals surface area (Å²) in [7, 11) is 0. The number of aliphatic hydroxyl groups is 1. The van der Waals surface area contributed by atoms with Crippen LogP contribution in [-0.2, 0) is 16.1 Å². The van der Waals surface area contributed by atoms with Gasteiger partial charge in [-0.05, 0) is 18.4 Å². The van der Waals surface area contributed by atoms with Gasteiger partial charge >= 0.3 is 0 Å². The second kappa shape index (κ2) is 11.0. The molecule has 1 heterocycles. The molecule has 2 N–H and O–H groups in total. The summed E-state index contributed by atoms with van der Waals surface area (Å²) in [4.78, 5) is 27.4. The average Bonchev–Trinajstić information content (AvgIpc) is 3.08. The van der Waals surface area contributed by atoms with Crippen molar-refractivity contribution < 1.29 is 14.7 Å². The number of nitriles is 1. The lowest BCUT2D eigenvalue weighted by Crippen LogP contribution is -2.32. The van der Waals surface area contributed by atoms with Crippen LogP contribution in [0, 0.1) is 11.3 Å². The topological polar surface area (TPSA) is 96.7 Å². The summed E-state index contributed by atoms with van der Waals surface area (Å²) in [5.74, 6) is -0.277. The molecule has 144 valence electrons. The second-order valence-electron chi connectivity index (χ2n) is 6.43. The number of nitrogens with one attached hydrogen (secondary N) is 1. The number of amides is 2. The molecule has 0 bridgehead atoms. The monoisotopic (exact) mass is 370 g/mol. The lowest BCUT2D eigenvalue weighted by molar-refractivity contribution is -0.127. The highest BCUT2D eigenvalue weighted by Crippen LogP contribution is 2.10. The highest BCUT2D eigenvalue weighted by molar-refractivity contribution is 5.97. The Balaban J connectivity index is 1.86. The molecule has 1 aromatic carbocycles. The first kappa shape index (κ1) is 20.5. The molecular weight excluding hydrogens is 344 g/mol. The Morgan fingerprint density at radius 1 is 1.37 bits per heavy atom. The fourth-order valence-corrected chi connectivity index (χ4v) is 2.96. The smallest absolute Gasteiger partial charge is 0.263 e. The van der Waals surface area contributed by atoms with Crippen LogP contribution in [0.4, 0.5) is 0 Å². The maximum atomic E-state index is 12.3. The predicted molar refractivity (Wildman–Crippen MR) is 101 cm³/mol. The van der Waals surface area contributed by atoms with Crippen molar-refractivity contribution in [1.82, 2.24) is 15.1 Å². The molecule has 1 aromatic rings. The van der Waals surface area contributed by atoms with E-state index in [0.717, 1.165) is 18.5 Å². The molecule has 7 nitrogen and oxygen atoms in total. The minimum Gasteiger partial charge on any atom is -0.395 e. The summed E-state index contributed by atoms with van der Waals surface area (Å²) in [5, 5.41) is 21.3. The van der Waals surface area contributed by atoms with Crippen LogP contribution in [0.3, 0.4) is 0 Å². The molecule has 0 spiro atoms. The molecule has 1 aliphatic heterocycles. The molecule has 27 heavy (non-hydrogen) atoms. The Morgan fingerprint density at radius 2 is 2.15 bits per heavy atom. The molecule has 2 amide bonds.